The monoisotopic (exact) mass is 524 g/mol. The number of hydrogen-bond acceptors (Lipinski definition) is 6. The molecule has 0 radical (unpaired) electrons. The molecule has 0 spiro atoms. The van der Waals surface area contributed by atoms with E-state index < -0.39 is 35.7 Å². The number of benzene rings is 2. The Kier molecular flexibility index (Phi) is 9.70. The number of nitrogens with one attached hydrogen (secondary N) is 3. The molecule has 1 saturated carbocycles. The van der Waals surface area contributed by atoms with E-state index in [0.29, 0.717) is 31.4 Å². The fourth-order valence-electron chi connectivity index (χ4n) is 4.24. The lowest BCUT2D eigenvalue weighted by Crippen LogP contribution is -2.54. The predicted molar refractivity (Wildman–Crippen MR) is 141 cm³/mol. The average Bonchev–Trinajstić information content (AvgIpc) is 3.66. The Morgan fingerprint density at radius 2 is 1.39 bits per heavy atom. The van der Waals surface area contributed by atoms with Crippen LogP contribution in [0.1, 0.15) is 37.8 Å². The van der Waals surface area contributed by atoms with Gasteiger partial charge in [0.2, 0.25) is 23.6 Å². The van der Waals surface area contributed by atoms with E-state index in [1.54, 1.807) is 36.4 Å². The Bertz CT molecular complexity index is 1130. The number of amides is 4. The van der Waals surface area contributed by atoms with Crippen LogP contribution in [0, 0.1) is 17.8 Å². The molecule has 2 aromatic carbocycles. The number of primary amides is 1. The van der Waals surface area contributed by atoms with E-state index in [0.717, 1.165) is 5.56 Å². The summed E-state index contributed by atoms with van der Waals surface area (Å²) in [5.74, 6) is -2.46. The van der Waals surface area contributed by atoms with E-state index >= 15 is 0 Å². The van der Waals surface area contributed by atoms with Gasteiger partial charge in [-0.3, -0.25) is 19.2 Å². The number of carbonyl (C=O) groups excluding carboxylic acids is 4. The normalized spacial score (nSPS) is 17.8. The molecule has 0 aromatic heterocycles. The molecule has 0 aliphatic heterocycles. The van der Waals surface area contributed by atoms with Crippen molar-refractivity contribution in [3.63, 3.8) is 0 Å². The topological polar surface area (TPSA) is 171 Å². The first-order valence-corrected chi connectivity index (χ1v) is 12.8. The molecular weight excluding hydrogens is 488 g/mol. The molecule has 204 valence electrons. The van der Waals surface area contributed by atoms with Crippen LogP contribution in [-0.4, -0.2) is 52.5 Å². The summed E-state index contributed by atoms with van der Waals surface area (Å²) in [6.07, 6.45) is 1.48. The molecule has 1 aliphatic carbocycles. The van der Waals surface area contributed by atoms with Crippen LogP contribution in [0.5, 0.6) is 11.5 Å². The number of hydrogen-bond donors (Lipinski definition) is 6. The van der Waals surface area contributed by atoms with Crippen molar-refractivity contribution in [3.05, 3.63) is 59.7 Å². The lowest BCUT2D eigenvalue weighted by atomic mass is 10.0. The quantitative estimate of drug-likeness (QED) is 0.229. The summed E-state index contributed by atoms with van der Waals surface area (Å²) >= 11 is 0. The summed E-state index contributed by atoms with van der Waals surface area (Å²) in [6.45, 7) is 4.23. The third-order valence-electron chi connectivity index (χ3n) is 6.49. The van der Waals surface area contributed by atoms with E-state index in [4.69, 9.17) is 5.73 Å². The number of phenols is 2. The molecular formula is C28H36N4O6. The molecule has 4 atom stereocenters. The van der Waals surface area contributed by atoms with Gasteiger partial charge < -0.3 is 31.9 Å². The van der Waals surface area contributed by atoms with E-state index in [1.165, 1.54) is 12.1 Å². The van der Waals surface area contributed by atoms with Gasteiger partial charge in [-0.2, -0.15) is 0 Å². The van der Waals surface area contributed by atoms with Crippen LogP contribution in [-0.2, 0) is 32.0 Å². The molecule has 10 heteroatoms. The third kappa shape index (κ3) is 8.50. The maximum absolute atomic E-state index is 13.1. The fourth-order valence-corrected chi connectivity index (χ4v) is 4.24. The summed E-state index contributed by atoms with van der Waals surface area (Å²) in [6, 6.07) is 11.1. The summed E-state index contributed by atoms with van der Waals surface area (Å²) < 4.78 is 0. The van der Waals surface area contributed by atoms with Crippen molar-refractivity contribution in [2.24, 2.45) is 23.5 Å². The van der Waals surface area contributed by atoms with Gasteiger partial charge in [-0.25, -0.2) is 0 Å². The summed E-state index contributed by atoms with van der Waals surface area (Å²) in [5, 5.41) is 27.0. The molecule has 3 rings (SSSR count). The zero-order chi connectivity index (χ0) is 27.8. The highest BCUT2D eigenvalue weighted by atomic mass is 16.3. The van der Waals surface area contributed by atoms with Gasteiger partial charge in [-0.05, 0) is 60.6 Å². The lowest BCUT2D eigenvalue weighted by Gasteiger charge is -2.23. The molecule has 38 heavy (non-hydrogen) atoms. The Labute approximate surface area is 222 Å². The van der Waals surface area contributed by atoms with Crippen LogP contribution >= 0.6 is 0 Å². The zero-order valence-electron chi connectivity index (χ0n) is 21.6. The number of rotatable bonds is 13. The van der Waals surface area contributed by atoms with Crippen LogP contribution in [0.25, 0.3) is 0 Å². The van der Waals surface area contributed by atoms with E-state index in [-0.39, 0.29) is 35.7 Å². The van der Waals surface area contributed by atoms with Crippen molar-refractivity contribution in [2.45, 2.75) is 51.6 Å². The lowest BCUT2D eigenvalue weighted by molar-refractivity contribution is -0.132. The summed E-state index contributed by atoms with van der Waals surface area (Å²) in [5.41, 5.74) is 7.18. The fraction of sp³-hybridized carbons (Fsp3) is 0.429. The van der Waals surface area contributed by atoms with Gasteiger partial charge in [0.05, 0.1) is 11.8 Å². The van der Waals surface area contributed by atoms with Gasteiger partial charge in [-0.15, -0.1) is 0 Å². The van der Waals surface area contributed by atoms with E-state index in [2.05, 4.69) is 16.0 Å². The minimum Gasteiger partial charge on any atom is -0.508 e. The number of nitrogens with two attached hydrogens (primary N) is 1. The first kappa shape index (κ1) is 28.5. The highest BCUT2D eigenvalue weighted by molar-refractivity contribution is 5.96. The Balaban J connectivity index is 1.52. The van der Waals surface area contributed by atoms with Crippen molar-refractivity contribution < 1.29 is 29.4 Å². The van der Waals surface area contributed by atoms with Gasteiger partial charge in [-0.1, -0.05) is 38.1 Å². The van der Waals surface area contributed by atoms with Gasteiger partial charge in [0.25, 0.3) is 0 Å². The molecule has 2 aromatic rings. The SMILES string of the molecule is CC(C)C[C@H](NC(=O)C1CC1C(=O)NCCc1ccc(O)cc1)C(=O)N[C@@H](Cc1ccc(O)cc1)C(N)=O. The Hall–Kier alpha value is -4.08. The molecule has 0 heterocycles. The van der Waals surface area contributed by atoms with Crippen molar-refractivity contribution in [2.75, 3.05) is 6.54 Å². The molecule has 0 saturated heterocycles. The largest absolute Gasteiger partial charge is 0.508 e. The van der Waals surface area contributed by atoms with Gasteiger partial charge in [0, 0.05) is 13.0 Å². The third-order valence-corrected chi connectivity index (χ3v) is 6.49. The van der Waals surface area contributed by atoms with Crippen molar-refractivity contribution in [1.82, 2.24) is 16.0 Å². The highest BCUT2D eigenvalue weighted by Gasteiger charge is 2.48. The Morgan fingerprint density at radius 3 is 1.95 bits per heavy atom. The van der Waals surface area contributed by atoms with E-state index in [9.17, 15) is 29.4 Å². The van der Waals surface area contributed by atoms with Crippen LogP contribution in [0.15, 0.2) is 48.5 Å². The number of carbonyl (C=O) groups is 4. The Morgan fingerprint density at radius 1 is 0.842 bits per heavy atom. The second-order valence-corrected chi connectivity index (χ2v) is 10.2. The van der Waals surface area contributed by atoms with Crippen LogP contribution in [0.3, 0.4) is 0 Å². The summed E-state index contributed by atoms with van der Waals surface area (Å²) in [7, 11) is 0. The predicted octanol–water partition coefficient (Wildman–Crippen LogP) is 1.14. The van der Waals surface area contributed by atoms with Crippen molar-refractivity contribution in [1.29, 1.82) is 0 Å². The first-order valence-electron chi connectivity index (χ1n) is 12.8. The smallest absolute Gasteiger partial charge is 0.243 e. The maximum Gasteiger partial charge on any atom is 0.243 e. The van der Waals surface area contributed by atoms with Crippen molar-refractivity contribution >= 4 is 23.6 Å². The minimum atomic E-state index is -0.994. The molecule has 2 unspecified atom stereocenters. The van der Waals surface area contributed by atoms with Crippen LogP contribution < -0.4 is 21.7 Å². The molecule has 1 aliphatic rings. The average molecular weight is 525 g/mol. The zero-order valence-corrected chi connectivity index (χ0v) is 21.6. The highest BCUT2D eigenvalue weighted by Crippen LogP contribution is 2.39. The van der Waals surface area contributed by atoms with Crippen LogP contribution in [0.2, 0.25) is 0 Å². The first-order chi connectivity index (χ1) is 18.0. The molecule has 10 nitrogen and oxygen atoms in total. The van der Waals surface area contributed by atoms with E-state index in [1.807, 2.05) is 13.8 Å². The second kappa shape index (κ2) is 12.9. The van der Waals surface area contributed by atoms with Gasteiger partial charge >= 0.3 is 0 Å². The second-order valence-electron chi connectivity index (χ2n) is 10.2. The standard InChI is InChI=1S/C28H36N4O6/c1-16(2)13-24(28(38)31-23(25(29)35)14-18-5-9-20(34)10-6-18)32-27(37)22-15-21(22)26(36)30-12-11-17-3-7-19(33)8-4-17/h3-10,16,21-24,33-34H,11-15H2,1-2H3,(H2,29,35)(H,30,36)(H,31,38)(H,32,37)/t21?,22?,23-,24-/m0/s1. The minimum absolute atomic E-state index is 0.0772. The summed E-state index contributed by atoms with van der Waals surface area (Å²) in [4.78, 5) is 50.5. The molecule has 1 fully saturated rings. The molecule has 7 N–H and O–H groups in total. The van der Waals surface area contributed by atoms with Gasteiger partial charge in [0.1, 0.15) is 23.6 Å². The number of phenolic OH excluding ortho intramolecular Hbond substituents is 2. The maximum atomic E-state index is 13.1. The van der Waals surface area contributed by atoms with Crippen molar-refractivity contribution in [3.8, 4) is 11.5 Å². The molecule has 4 amide bonds. The van der Waals surface area contributed by atoms with Gasteiger partial charge in [0.15, 0.2) is 0 Å². The number of aromatic hydroxyl groups is 2. The molecule has 0 bridgehead atoms. The van der Waals surface area contributed by atoms with Crippen LogP contribution in [0.4, 0.5) is 0 Å².